The highest BCUT2D eigenvalue weighted by Crippen LogP contribution is 2.39. The molecule has 0 spiro atoms. The van der Waals surface area contributed by atoms with Crippen molar-refractivity contribution in [1.29, 1.82) is 0 Å². The Morgan fingerprint density at radius 1 is 1.08 bits per heavy atom. The molecule has 7 nitrogen and oxygen atoms in total. The van der Waals surface area contributed by atoms with Crippen molar-refractivity contribution in [2.24, 2.45) is 0 Å². The Bertz CT molecular complexity index is 1110. The summed E-state index contributed by atoms with van der Waals surface area (Å²) in [6, 6.07) is 10.5. The van der Waals surface area contributed by atoms with Crippen molar-refractivity contribution >= 4 is 12.0 Å². The van der Waals surface area contributed by atoms with Crippen molar-refractivity contribution in [3.05, 3.63) is 70.8 Å². The van der Waals surface area contributed by atoms with Crippen molar-refractivity contribution in [1.82, 2.24) is 16.0 Å². The zero-order chi connectivity index (χ0) is 28.1. The molecule has 208 valence electrons. The van der Waals surface area contributed by atoms with Gasteiger partial charge >= 0.3 is 6.09 Å². The van der Waals surface area contributed by atoms with Crippen molar-refractivity contribution in [2.75, 3.05) is 6.54 Å². The third-order valence-corrected chi connectivity index (χ3v) is 7.33. The molecule has 0 bridgehead atoms. The van der Waals surface area contributed by atoms with Gasteiger partial charge in [-0.05, 0) is 66.3 Å². The number of halogens is 2. The molecule has 2 unspecified atom stereocenters. The van der Waals surface area contributed by atoms with Crippen LogP contribution in [-0.4, -0.2) is 46.9 Å². The van der Waals surface area contributed by atoms with Crippen LogP contribution in [0, 0.1) is 11.6 Å². The molecule has 9 heteroatoms. The number of carbonyl (C=O) groups excluding carboxylic acids is 1. The minimum atomic E-state index is -1.05. The number of aliphatic hydroxyl groups excluding tert-OH is 1. The van der Waals surface area contributed by atoms with Gasteiger partial charge < -0.3 is 26.2 Å². The summed E-state index contributed by atoms with van der Waals surface area (Å²) in [7, 11) is 0. The molecule has 1 aliphatic rings. The van der Waals surface area contributed by atoms with E-state index in [0.717, 1.165) is 17.2 Å². The number of carbonyl (C=O) groups is 2. The number of amides is 2. The van der Waals surface area contributed by atoms with Crippen LogP contribution in [0.5, 0.6) is 0 Å². The standard InChI is InChI=1S/C29H39F2N3O4/c1-18(35)33-25(14-19-12-22(30)16-23(31)13-19)26(36)17-32-29(10-8-24(9-11-29)34-27(37)38)21-7-5-6-20(15-21)28(2,3)4/h5-7,12-13,15-16,24-26,32,34,36H,8-11,14,17H2,1-4H3,(H,33,35)(H,37,38). The molecule has 0 radical (unpaired) electrons. The molecule has 1 aliphatic carbocycles. The minimum Gasteiger partial charge on any atom is -0.465 e. The van der Waals surface area contributed by atoms with Crippen LogP contribution in [0.2, 0.25) is 0 Å². The highest BCUT2D eigenvalue weighted by atomic mass is 19.1. The number of hydrogen-bond acceptors (Lipinski definition) is 4. The van der Waals surface area contributed by atoms with Crippen molar-refractivity contribution < 1.29 is 28.6 Å². The van der Waals surface area contributed by atoms with Gasteiger partial charge in [-0.1, -0.05) is 45.0 Å². The highest BCUT2D eigenvalue weighted by Gasteiger charge is 2.38. The van der Waals surface area contributed by atoms with Crippen LogP contribution >= 0.6 is 0 Å². The quantitative estimate of drug-likeness (QED) is 0.330. The van der Waals surface area contributed by atoms with E-state index in [1.165, 1.54) is 19.1 Å². The summed E-state index contributed by atoms with van der Waals surface area (Å²) in [5.74, 6) is -1.81. The van der Waals surface area contributed by atoms with Crippen LogP contribution in [-0.2, 0) is 22.2 Å². The van der Waals surface area contributed by atoms with Gasteiger partial charge in [0.1, 0.15) is 11.6 Å². The van der Waals surface area contributed by atoms with Crippen LogP contribution < -0.4 is 16.0 Å². The molecule has 2 aromatic carbocycles. The number of carboxylic acid groups (broad SMARTS) is 1. The van der Waals surface area contributed by atoms with E-state index in [9.17, 15) is 23.5 Å². The first-order chi connectivity index (χ1) is 17.8. The normalized spacial score (nSPS) is 21.4. The molecule has 1 saturated carbocycles. The Morgan fingerprint density at radius 3 is 2.26 bits per heavy atom. The fraction of sp³-hybridized carbons (Fsp3) is 0.517. The molecule has 1 fully saturated rings. The molecule has 0 heterocycles. The van der Waals surface area contributed by atoms with E-state index >= 15 is 0 Å². The van der Waals surface area contributed by atoms with Gasteiger partial charge in [0.25, 0.3) is 0 Å². The van der Waals surface area contributed by atoms with E-state index in [1.807, 2.05) is 12.1 Å². The van der Waals surface area contributed by atoms with E-state index in [1.54, 1.807) is 0 Å². The van der Waals surface area contributed by atoms with Crippen molar-refractivity contribution in [2.45, 2.75) is 88.9 Å². The lowest BCUT2D eigenvalue weighted by molar-refractivity contribution is -0.120. The summed E-state index contributed by atoms with van der Waals surface area (Å²) < 4.78 is 27.5. The predicted molar refractivity (Wildman–Crippen MR) is 142 cm³/mol. The molecule has 0 aliphatic heterocycles. The lowest BCUT2D eigenvalue weighted by Gasteiger charge is -2.43. The first-order valence-corrected chi connectivity index (χ1v) is 13.0. The van der Waals surface area contributed by atoms with Crippen molar-refractivity contribution in [3.8, 4) is 0 Å². The fourth-order valence-electron chi connectivity index (χ4n) is 5.25. The first-order valence-electron chi connectivity index (χ1n) is 13.0. The third-order valence-electron chi connectivity index (χ3n) is 7.33. The number of rotatable bonds is 9. The Balaban J connectivity index is 1.84. The van der Waals surface area contributed by atoms with Gasteiger partial charge in [-0.25, -0.2) is 13.6 Å². The number of benzene rings is 2. The highest BCUT2D eigenvalue weighted by molar-refractivity contribution is 5.73. The third kappa shape index (κ3) is 7.98. The summed E-state index contributed by atoms with van der Waals surface area (Å²) in [6.07, 6.45) is 0.458. The number of nitrogens with one attached hydrogen (secondary N) is 3. The molecule has 0 aromatic heterocycles. The monoisotopic (exact) mass is 531 g/mol. The second kappa shape index (κ2) is 12.2. The molecule has 3 rings (SSSR count). The zero-order valence-electron chi connectivity index (χ0n) is 22.5. The largest absolute Gasteiger partial charge is 0.465 e. The van der Waals surface area contributed by atoms with E-state index in [2.05, 4.69) is 48.9 Å². The summed E-state index contributed by atoms with van der Waals surface area (Å²) in [5.41, 5.74) is 1.94. The summed E-state index contributed by atoms with van der Waals surface area (Å²) in [5, 5.41) is 29.1. The van der Waals surface area contributed by atoms with Crippen molar-refractivity contribution in [3.63, 3.8) is 0 Å². The molecule has 2 atom stereocenters. The van der Waals surface area contributed by atoms with Gasteiger partial charge in [0.05, 0.1) is 12.1 Å². The topological polar surface area (TPSA) is 111 Å². The summed E-state index contributed by atoms with van der Waals surface area (Å²) in [4.78, 5) is 23.1. The van der Waals surface area contributed by atoms with Crippen LogP contribution in [0.3, 0.4) is 0 Å². The summed E-state index contributed by atoms with van der Waals surface area (Å²) >= 11 is 0. The molecular formula is C29H39F2N3O4. The first kappa shape index (κ1) is 29.5. The maximum absolute atomic E-state index is 13.8. The second-order valence-corrected chi connectivity index (χ2v) is 11.4. The maximum Gasteiger partial charge on any atom is 0.404 e. The van der Waals surface area contributed by atoms with E-state index in [4.69, 9.17) is 5.11 Å². The number of hydrogen-bond donors (Lipinski definition) is 5. The lowest BCUT2D eigenvalue weighted by atomic mass is 9.73. The fourth-order valence-corrected chi connectivity index (χ4v) is 5.25. The van der Waals surface area contributed by atoms with Gasteiger partial charge in [-0.15, -0.1) is 0 Å². The average Bonchev–Trinajstić information content (AvgIpc) is 2.81. The van der Waals surface area contributed by atoms with Gasteiger partial charge in [0.2, 0.25) is 5.91 Å². The van der Waals surface area contributed by atoms with Crippen LogP contribution in [0.15, 0.2) is 42.5 Å². The van der Waals surface area contributed by atoms with E-state index in [-0.39, 0.29) is 30.3 Å². The van der Waals surface area contributed by atoms with Crippen LogP contribution in [0.1, 0.15) is 70.1 Å². The van der Waals surface area contributed by atoms with Gasteiger partial charge in [-0.3, -0.25) is 4.79 Å². The Kier molecular flexibility index (Phi) is 9.49. The Morgan fingerprint density at radius 2 is 1.71 bits per heavy atom. The summed E-state index contributed by atoms with van der Waals surface area (Å²) in [6.45, 7) is 7.85. The SMILES string of the molecule is CC(=O)NC(Cc1cc(F)cc(F)c1)C(O)CNC1(c2cccc(C(C)(C)C)c2)CCC(NC(=O)O)CC1. The molecule has 2 aromatic rings. The Hall–Kier alpha value is -3.04. The average molecular weight is 532 g/mol. The van der Waals surface area contributed by atoms with Gasteiger partial charge in [0, 0.05) is 31.1 Å². The smallest absolute Gasteiger partial charge is 0.404 e. The second-order valence-electron chi connectivity index (χ2n) is 11.4. The minimum absolute atomic E-state index is 0.0498. The predicted octanol–water partition coefficient (Wildman–Crippen LogP) is 4.37. The molecule has 0 saturated heterocycles. The van der Waals surface area contributed by atoms with Gasteiger partial charge in [0.15, 0.2) is 0 Å². The van der Waals surface area contributed by atoms with E-state index in [0.29, 0.717) is 31.2 Å². The number of aliphatic hydroxyl groups is 1. The zero-order valence-corrected chi connectivity index (χ0v) is 22.5. The maximum atomic E-state index is 13.8. The molecular weight excluding hydrogens is 492 g/mol. The van der Waals surface area contributed by atoms with Crippen LogP contribution in [0.4, 0.5) is 13.6 Å². The Labute approximate surface area is 223 Å². The van der Waals surface area contributed by atoms with E-state index < -0.39 is 35.4 Å². The molecule has 2 amide bonds. The molecule has 38 heavy (non-hydrogen) atoms. The van der Waals surface area contributed by atoms with Crippen LogP contribution in [0.25, 0.3) is 0 Å². The lowest BCUT2D eigenvalue weighted by Crippen LogP contribution is -2.54. The van der Waals surface area contributed by atoms with Gasteiger partial charge in [-0.2, -0.15) is 0 Å². The molecule has 5 N–H and O–H groups in total.